The molecule has 0 saturated carbocycles. The molecule has 0 bridgehead atoms. The molecule has 0 radical (unpaired) electrons. The van der Waals surface area contributed by atoms with Gasteiger partial charge in [0.2, 0.25) is 0 Å². The largest absolute Gasteiger partial charge is 0.488 e. The van der Waals surface area contributed by atoms with Crippen LogP contribution in [0.15, 0.2) is 54.6 Å². The topological polar surface area (TPSA) is 56.8 Å². The van der Waals surface area contributed by atoms with Crippen molar-refractivity contribution in [2.75, 3.05) is 0 Å². The summed E-state index contributed by atoms with van der Waals surface area (Å²) in [4.78, 5) is 0. The minimum absolute atomic E-state index is 0.361. The van der Waals surface area contributed by atoms with Crippen molar-refractivity contribution in [1.82, 2.24) is 0 Å². The van der Waals surface area contributed by atoms with Crippen LogP contribution in [0.3, 0.4) is 0 Å². The van der Waals surface area contributed by atoms with Gasteiger partial charge in [0.25, 0.3) is 0 Å². The van der Waals surface area contributed by atoms with E-state index in [-0.39, 0.29) is 0 Å². The van der Waals surface area contributed by atoms with Gasteiger partial charge in [-0.15, -0.1) is 0 Å². The van der Waals surface area contributed by atoms with Crippen molar-refractivity contribution in [3.05, 3.63) is 71.3 Å². The van der Waals surface area contributed by atoms with E-state index in [1.807, 2.05) is 48.5 Å². The number of hydrogen-bond acceptors (Lipinski definition) is 3. The molecule has 0 atom stereocenters. The number of nitriles is 2. The molecule has 21 heavy (non-hydrogen) atoms. The molecule has 0 heterocycles. The van der Waals surface area contributed by atoms with Gasteiger partial charge in [0.1, 0.15) is 18.4 Å². The quantitative estimate of drug-likeness (QED) is 0.826. The molecule has 0 aromatic heterocycles. The van der Waals surface area contributed by atoms with Gasteiger partial charge in [-0.3, -0.25) is 0 Å². The summed E-state index contributed by atoms with van der Waals surface area (Å²) in [5.41, 5.74) is 2.46. The van der Waals surface area contributed by atoms with Gasteiger partial charge < -0.3 is 4.74 Å². The van der Waals surface area contributed by atoms with Gasteiger partial charge in [0, 0.05) is 0 Å². The van der Waals surface area contributed by atoms with Crippen molar-refractivity contribution in [3.8, 4) is 17.9 Å². The molecule has 2 rings (SSSR count). The minimum atomic E-state index is 0.361. The molecule has 0 amide bonds. The summed E-state index contributed by atoms with van der Waals surface area (Å²) in [6, 6.07) is 19.4. The highest BCUT2D eigenvalue weighted by Gasteiger charge is 2.04. The van der Waals surface area contributed by atoms with Crippen LogP contribution in [0.1, 0.15) is 23.1 Å². The second kappa shape index (κ2) is 7.53. The lowest BCUT2D eigenvalue weighted by Gasteiger charge is -2.08. The average Bonchev–Trinajstić information content (AvgIpc) is 2.54. The minimum Gasteiger partial charge on any atom is -0.488 e. The highest BCUT2D eigenvalue weighted by molar-refractivity contribution is 5.56. The zero-order valence-electron chi connectivity index (χ0n) is 11.5. The van der Waals surface area contributed by atoms with Gasteiger partial charge in [-0.2, -0.15) is 10.5 Å². The summed E-state index contributed by atoms with van der Waals surface area (Å²) in [6.07, 6.45) is 3.99. The Morgan fingerprint density at radius 2 is 1.86 bits per heavy atom. The molecule has 3 heteroatoms. The molecule has 0 aliphatic rings. The maximum Gasteiger partial charge on any atom is 0.138 e. The highest BCUT2D eigenvalue weighted by Crippen LogP contribution is 2.22. The Kier molecular flexibility index (Phi) is 5.15. The van der Waals surface area contributed by atoms with Gasteiger partial charge in [-0.25, -0.2) is 0 Å². The lowest BCUT2D eigenvalue weighted by atomic mass is 10.1. The fourth-order valence-electron chi connectivity index (χ4n) is 1.84. The van der Waals surface area contributed by atoms with Gasteiger partial charge >= 0.3 is 0 Å². The molecule has 0 aliphatic carbocycles. The van der Waals surface area contributed by atoms with Crippen molar-refractivity contribution in [2.24, 2.45) is 0 Å². The third-order valence-corrected chi connectivity index (χ3v) is 2.88. The molecule has 0 N–H and O–H groups in total. The molecule has 3 nitrogen and oxygen atoms in total. The van der Waals surface area contributed by atoms with E-state index in [0.29, 0.717) is 24.3 Å². The molecule has 0 unspecified atom stereocenters. The van der Waals surface area contributed by atoms with Crippen LogP contribution in [0, 0.1) is 22.7 Å². The van der Waals surface area contributed by atoms with E-state index < -0.39 is 0 Å². The molecular formula is C18H14N2O. The number of rotatable bonds is 5. The molecule has 102 valence electrons. The molecule has 0 spiro atoms. The second-order valence-corrected chi connectivity index (χ2v) is 4.41. The normalized spacial score (nSPS) is 10.0. The first-order valence-electron chi connectivity index (χ1n) is 6.58. The number of hydrogen-bond donors (Lipinski definition) is 0. The summed E-state index contributed by atoms with van der Waals surface area (Å²) in [7, 11) is 0. The average molecular weight is 274 g/mol. The SMILES string of the molecule is N#CCC=Cc1ccc(C#N)c(OCc2ccccc2)c1. The van der Waals surface area contributed by atoms with Crippen molar-refractivity contribution in [1.29, 1.82) is 10.5 Å². The molecule has 0 saturated heterocycles. The smallest absolute Gasteiger partial charge is 0.138 e. The van der Waals surface area contributed by atoms with E-state index in [1.165, 1.54) is 0 Å². The Bertz CT molecular complexity index is 706. The highest BCUT2D eigenvalue weighted by atomic mass is 16.5. The fourth-order valence-corrected chi connectivity index (χ4v) is 1.84. The predicted octanol–water partition coefficient (Wildman–Crippen LogP) is 4.06. The van der Waals surface area contributed by atoms with E-state index in [9.17, 15) is 0 Å². The maximum absolute atomic E-state index is 9.13. The van der Waals surface area contributed by atoms with Gasteiger partial charge in [-0.05, 0) is 23.3 Å². The second-order valence-electron chi connectivity index (χ2n) is 4.41. The van der Waals surface area contributed by atoms with Crippen molar-refractivity contribution in [3.63, 3.8) is 0 Å². The van der Waals surface area contributed by atoms with Crippen LogP contribution in [0.25, 0.3) is 6.08 Å². The Morgan fingerprint density at radius 1 is 1.05 bits per heavy atom. The Labute approximate surface area is 124 Å². The number of ether oxygens (including phenoxy) is 1. The molecular weight excluding hydrogens is 260 g/mol. The molecule has 0 aliphatic heterocycles. The van der Waals surface area contributed by atoms with E-state index in [1.54, 1.807) is 12.1 Å². The van der Waals surface area contributed by atoms with E-state index >= 15 is 0 Å². The molecule has 2 aromatic carbocycles. The first kappa shape index (κ1) is 14.4. The molecule has 2 aromatic rings. The zero-order valence-corrected chi connectivity index (χ0v) is 11.5. The maximum atomic E-state index is 9.13. The first-order chi connectivity index (χ1) is 10.3. The van der Waals surface area contributed by atoms with E-state index in [0.717, 1.165) is 11.1 Å². The van der Waals surface area contributed by atoms with Crippen molar-refractivity contribution in [2.45, 2.75) is 13.0 Å². The Hall–Kier alpha value is -3.04. The van der Waals surface area contributed by atoms with Crippen LogP contribution in [0.4, 0.5) is 0 Å². The number of benzene rings is 2. The molecule has 0 fully saturated rings. The third kappa shape index (κ3) is 4.23. The van der Waals surface area contributed by atoms with Crippen LogP contribution >= 0.6 is 0 Å². The summed E-state index contributed by atoms with van der Waals surface area (Å²) in [5, 5.41) is 17.7. The van der Waals surface area contributed by atoms with Crippen LogP contribution in [-0.4, -0.2) is 0 Å². The Balaban J connectivity index is 2.15. The van der Waals surface area contributed by atoms with Crippen LogP contribution in [0.5, 0.6) is 5.75 Å². The fraction of sp³-hybridized carbons (Fsp3) is 0.111. The van der Waals surface area contributed by atoms with E-state index in [2.05, 4.69) is 12.1 Å². The van der Waals surface area contributed by atoms with Crippen molar-refractivity contribution < 1.29 is 4.74 Å². The van der Waals surface area contributed by atoms with Gasteiger partial charge in [0.15, 0.2) is 0 Å². The standard InChI is InChI=1S/C18H14N2O/c19-11-5-4-6-15-9-10-17(13-20)18(12-15)21-14-16-7-2-1-3-8-16/h1-4,6-10,12H,5,14H2. The van der Waals surface area contributed by atoms with Gasteiger partial charge in [0.05, 0.1) is 18.1 Å². The van der Waals surface area contributed by atoms with Crippen LogP contribution in [-0.2, 0) is 6.61 Å². The predicted molar refractivity (Wildman–Crippen MR) is 81.2 cm³/mol. The van der Waals surface area contributed by atoms with Crippen LogP contribution < -0.4 is 4.74 Å². The van der Waals surface area contributed by atoms with E-state index in [4.69, 9.17) is 15.3 Å². The summed E-state index contributed by atoms with van der Waals surface area (Å²) in [6.45, 7) is 0.418. The monoisotopic (exact) mass is 274 g/mol. The lowest BCUT2D eigenvalue weighted by Crippen LogP contribution is -1.97. The Morgan fingerprint density at radius 3 is 2.57 bits per heavy atom. The summed E-state index contributed by atoms with van der Waals surface area (Å²) < 4.78 is 5.74. The zero-order chi connectivity index (χ0) is 14.9. The third-order valence-electron chi connectivity index (χ3n) is 2.88. The van der Waals surface area contributed by atoms with Crippen LogP contribution in [0.2, 0.25) is 0 Å². The number of allylic oxidation sites excluding steroid dienone is 1. The summed E-state index contributed by atoms with van der Waals surface area (Å²) >= 11 is 0. The number of nitrogens with zero attached hydrogens (tertiary/aromatic N) is 2. The van der Waals surface area contributed by atoms with Gasteiger partial charge in [-0.1, -0.05) is 48.6 Å². The summed E-state index contributed by atoms with van der Waals surface area (Å²) in [5.74, 6) is 0.556. The first-order valence-corrected chi connectivity index (χ1v) is 6.58. The van der Waals surface area contributed by atoms with Crippen molar-refractivity contribution >= 4 is 6.08 Å². The lowest BCUT2D eigenvalue weighted by molar-refractivity contribution is 0.305.